The van der Waals surface area contributed by atoms with E-state index in [0.29, 0.717) is 30.0 Å². The minimum atomic E-state index is -0.963. The molecule has 1 heterocycles. The number of nitrogens with zero attached hydrogens (tertiary/aromatic N) is 1. The van der Waals surface area contributed by atoms with Gasteiger partial charge < -0.3 is 15.3 Å². The molecule has 7 heteroatoms. The average molecular weight is 306 g/mol. The van der Waals surface area contributed by atoms with E-state index >= 15 is 0 Å². The van der Waals surface area contributed by atoms with Crippen molar-refractivity contribution < 1.29 is 14.7 Å². The molecule has 0 radical (unpaired) electrons. The summed E-state index contributed by atoms with van der Waals surface area (Å²) in [5, 5.41) is 12.5. The predicted molar refractivity (Wildman–Crippen MR) is 81.0 cm³/mol. The molecule has 2 unspecified atom stereocenters. The molecule has 0 aliphatic carbocycles. The van der Waals surface area contributed by atoms with Crippen LogP contribution < -0.4 is 5.32 Å². The summed E-state index contributed by atoms with van der Waals surface area (Å²) in [4.78, 5) is 24.9. The number of carboxylic acid groups (broad SMARTS) is 1. The van der Waals surface area contributed by atoms with Gasteiger partial charge in [-0.25, -0.2) is 9.59 Å². The first kappa shape index (κ1) is 16.5. The Morgan fingerprint density at radius 3 is 2.47 bits per heavy atom. The molecule has 110 valence electrons. The van der Waals surface area contributed by atoms with Gasteiger partial charge in [0, 0.05) is 23.6 Å². The Balaban J connectivity index is 2.53. The molecule has 3 atom stereocenters. The van der Waals surface area contributed by atoms with Crippen molar-refractivity contribution in [3.63, 3.8) is 0 Å². The molecule has 0 aromatic carbocycles. The van der Waals surface area contributed by atoms with Crippen LogP contribution in [-0.4, -0.2) is 63.6 Å². The van der Waals surface area contributed by atoms with Crippen molar-refractivity contribution in [2.45, 2.75) is 36.8 Å². The fourth-order valence-corrected chi connectivity index (χ4v) is 3.87. The summed E-state index contributed by atoms with van der Waals surface area (Å²) in [6.07, 6.45) is 2.38. The topological polar surface area (TPSA) is 69.6 Å². The molecule has 0 spiro atoms. The van der Waals surface area contributed by atoms with Crippen LogP contribution in [0.5, 0.6) is 0 Å². The summed E-state index contributed by atoms with van der Waals surface area (Å²) in [6, 6.07) is -1.05. The normalized spacial score (nSPS) is 24.9. The molecule has 1 aliphatic heterocycles. The molecule has 0 aromatic rings. The molecule has 5 nitrogen and oxygen atoms in total. The van der Waals surface area contributed by atoms with Crippen molar-refractivity contribution in [1.82, 2.24) is 10.2 Å². The van der Waals surface area contributed by atoms with Gasteiger partial charge in [-0.3, -0.25) is 0 Å². The lowest BCUT2D eigenvalue weighted by molar-refractivity contribution is -0.139. The molecular weight excluding hydrogens is 284 g/mol. The number of hydrogen-bond donors (Lipinski definition) is 2. The number of carbonyl (C=O) groups is 2. The molecule has 0 aromatic heterocycles. The Hall–Kier alpha value is -0.560. The number of carbonyl (C=O) groups excluding carboxylic acids is 1. The first-order chi connectivity index (χ1) is 8.93. The number of rotatable bonds is 5. The fraction of sp³-hybridized carbons (Fsp3) is 0.833. The lowest BCUT2D eigenvalue weighted by Crippen LogP contribution is -2.52. The lowest BCUT2D eigenvalue weighted by Gasteiger charge is -2.35. The number of amides is 2. The van der Waals surface area contributed by atoms with Gasteiger partial charge in [0.1, 0.15) is 6.04 Å². The van der Waals surface area contributed by atoms with Gasteiger partial charge in [-0.1, -0.05) is 13.8 Å². The minimum Gasteiger partial charge on any atom is -0.480 e. The lowest BCUT2D eigenvalue weighted by atomic mass is 10.2. The van der Waals surface area contributed by atoms with Crippen LogP contribution in [0.4, 0.5) is 4.79 Å². The van der Waals surface area contributed by atoms with Gasteiger partial charge in [-0.05, 0) is 18.4 Å². The minimum absolute atomic E-state index is 0.257. The van der Waals surface area contributed by atoms with Gasteiger partial charge in [0.15, 0.2) is 0 Å². The van der Waals surface area contributed by atoms with E-state index in [1.807, 2.05) is 18.0 Å². The van der Waals surface area contributed by atoms with Crippen molar-refractivity contribution in [3.8, 4) is 0 Å². The molecule has 19 heavy (non-hydrogen) atoms. The van der Waals surface area contributed by atoms with Crippen LogP contribution in [0, 0.1) is 0 Å². The van der Waals surface area contributed by atoms with E-state index in [1.165, 1.54) is 0 Å². The Kier molecular flexibility index (Phi) is 6.85. The van der Waals surface area contributed by atoms with E-state index in [9.17, 15) is 9.59 Å². The van der Waals surface area contributed by atoms with Crippen LogP contribution in [0.1, 0.15) is 20.3 Å². The van der Waals surface area contributed by atoms with Crippen LogP contribution >= 0.6 is 23.5 Å². The molecular formula is C12H22N2O3S2. The highest BCUT2D eigenvalue weighted by Crippen LogP contribution is 2.24. The number of aliphatic carboxylic acids is 1. The second kappa shape index (κ2) is 7.89. The monoisotopic (exact) mass is 306 g/mol. The smallest absolute Gasteiger partial charge is 0.326 e. The summed E-state index contributed by atoms with van der Waals surface area (Å²) in [5.74, 6) is -0.241. The fourth-order valence-electron chi connectivity index (χ4n) is 2.08. The van der Waals surface area contributed by atoms with Gasteiger partial charge in [-0.15, -0.1) is 0 Å². The van der Waals surface area contributed by atoms with Gasteiger partial charge in [0.2, 0.25) is 0 Å². The molecule has 1 saturated heterocycles. The van der Waals surface area contributed by atoms with Crippen LogP contribution in [0.25, 0.3) is 0 Å². The maximum atomic E-state index is 12.1. The maximum absolute atomic E-state index is 12.1. The SMILES string of the molecule is CSCC[C@@H](NC(=O)N1CC(C)SC(C)C1)C(=O)O. The summed E-state index contributed by atoms with van der Waals surface area (Å²) in [5.41, 5.74) is 0. The number of nitrogens with one attached hydrogen (secondary N) is 1. The van der Waals surface area contributed by atoms with Crippen molar-refractivity contribution >= 4 is 35.5 Å². The third-order valence-electron chi connectivity index (χ3n) is 2.91. The predicted octanol–water partition coefficient (Wildman–Crippen LogP) is 1.73. The molecule has 0 saturated carbocycles. The summed E-state index contributed by atoms with van der Waals surface area (Å²) in [6.45, 7) is 5.53. The Labute approximate surface area is 122 Å². The average Bonchev–Trinajstić information content (AvgIpc) is 2.32. The molecule has 1 rings (SSSR count). The summed E-state index contributed by atoms with van der Waals surface area (Å²) < 4.78 is 0. The number of thioether (sulfide) groups is 2. The Morgan fingerprint density at radius 2 is 2.00 bits per heavy atom. The van der Waals surface area contributed by atoms with E-state index in [0.717, 1.165) is 5.75 Å². The van der Waals surface area contributed by atoms with Crippen molar-refractivity contribution in [2.75, 3.05) is 25.1 Å². The maximum Gasteiger partial charge on any atom is 0.326 e. The summed E-state index contributed by atoms with van der Waals surface area (Å²) in [7, 11) is 0. The van der Waals surface area contributed by atoms with E-state index in [2.05, 4.69) is 19.2 Å². The van der Waals surface area contributed by atoms with E-state index in [4.69, 9.17) is 5.11 Å². The second-order valence-electron chi connectivity index (χ2n) is 4.78. The largest absolute Gasteiger partial charge is 0.480 e. The van der Waals surface area contributed by atoms with Gasteiger partial charge >= 0.3 is 12.0 Å². The molecule has 2 amide bonds. The first-order valence-electron chi connectivity index (χ1n) is 6.36. The second-order valence-corrected chi connectivity index (χ2v) is 7.65. The van der Waals surface area contributed by atoms with Crippen LogP contribution in [-0.2, 0) is 4.79 Å². The van der Waals surface area contributed by atoms with Crippen molar-refractivity contribution in [3.05, 3.63) is 0 Å². The van der Waals surface area contributed by atoms with E-state index in [-0.39, 0.29) is 6.03 Å². The van der Waals surface area contributed by atoms with E-state index in [1.54, 1.807) is 16.7 Å². The zero-order valence-corrected chi connectivity index (χ0v) is 13.2. The van der Waals surface area contributed by atoms with Crippen molar-refractivity contribution in [1.29, 1.82) is 0 Å². The Morgan fingerprint density at radius 1 is 1.42 bits per heavy atom. The summed E-state index contributed by atoms with van der Waals surface area (Å²) >= 11 is 3.44. The molecule has 1 aliphatic rings. The van der Waals surface area contributed by atoms with Crippen LogP contribution in [0.15, 0.2) is 0 Å². The highest BCUT2D eigenvalue weighted by Gasteiger charge is 2.28. The number of carboxylic acids is 1. The highest BCUT2D eigenvalue weighted by molar-refractivity contribution is 8.00. The third kappa shape index (κ3) is 5.52. The molecule has 2 N–H and O–H groups in total. The van der Waals surface area contributed by atoms with Gasteiger partial charge in [-0.2, -0.15) is 23.5 Å². The van der Waals surface area contributed by atoms with Crippen molar-refractivity contribution in [2.24, 2.45) is 0 Å². The van der Waals surface area contributed by atoms with Crippen LogP contribution in [0.2, 0.25) is 0 Å². The molecule has 1 fully saturated rings. The number of urea groups is 1. The number of hydrogen-bond acceptors (Lipinski definition) is 4. The highest BCUT2D eigenvalue weighted by atomic mass is 32.2. The zero-order valence-electron chi connectivity index (χ0n) is 11.6. The quantitative estimate of drug-likeness (QED) is 0.809. The van der Waals surface area contributed by atoms with E-state index < -0.39 is 12.0 Å². The molecule has 0 bridgehead atoms. The van der Waals surface area contributed by atoms with Gasteiger partial charge in [0.05, 0.1) is 0 Å². The van der Waals surface area contributed by atoms with Crippen LogP contribution in [0.3, 0.4) is 0 Å². The van der Waals surface area contributed by atoms with Gasteiger partial charge in [0.25, 0.3) is 0 Å². The standard InChI is InChI=1S/C12H22N2O3S2/c1-8-6-14(7-9(2)19-8)12(17)13-10(11(15)16)4-5-18-3/h8-10H,4-7H2,1-3H3,(H,13,17)(H,15,16)/t8?,9?,10-/m1/s1. The first-order valence-corrected chi connectivity index (χ1v) is 8.70. The Bertz CT molecular complexity index is 318. The third-order valence-corrected chi connectivity index (χ3v) is 4.78. The zero-order chi connectivity index (χ0) is 14.4.